The van der Waals surface area contributed by atoms with Crippen molar-refractivity contribution in [3.8, 4) is 0 Å². The second-order valence-corrected chi connectivity index (χ2v) is 7.00. The van der Waals surface area contributed by atoms with Crippen LogP contribution >= 0.6 is 0 Å². The Bertz CT molecular complexity index is 1080. The number of rotatable bonds is 5. The molecule has 1 aliphatic rings. The SMILES string of the molecule is C[C@H](NC(=O)Cn1ncc2c(C3CC3)nn(C)c2c1=O)c1cccc(F)c1. The summed E-state index contributed by atoms with van der Waals surface area (Å²) in [6.45, 7) is 1.55. The van der Waals surface area contributed by atoms with E-state index in [1.54, 1.807) is 37.0 Å². The molecule has 1 fully saturated rings. The van der Waals surface area contributed by atoms with Crippen LogP contribution in [-0.4, -0.2) is 25.5 Å². The molecule has 7 nitrogen and oxygen atoms in total. The minimum Gasteiger partial charge on any atom is -0.348 e. The highest BCUT2D eigenvalue weighted by Gasteiger charge is 2.30. The standard InChI is InChI=1S/C19H20FN5O2/c1-11(13-4-3-5-14(20)8-13)22-16(26)10-25-19(27)18-15(9-21-25)17(12-6-7-12)23-24(18)2/h3-5,8-9,11-12H,6-7,10H2,1-2H3,(H,22,26)/t11-/m0/s1. The molecular weight excluding hydrogens is 349 g/mol. The Morgan fingerprint density at radius 1 is 1.41 bits per heavy atom. The van der Waals surface area contributed by atoms with E-state index in [1.165, 1.54) is 12.1 Å². The zero-order valence-electron chi connectivity index (χ0n) is 15.1. The molecule has 4 rings (SSSR count). The Labute approximate surface area is 154 Å². The lowest BCUT2D eigenvalue weighted by molar-refractivity contribution is -0.122. The largest absolute Gasteiger partial charge is 0.348 e. The van der Waals surface area contributed by atoms with Gasteiger partial charge >= 0.3 is 0 Å². The number of halogens is 1. The van der Waals surface area contributed by atoms with Crippen molar-refractivity contribution in [1.82, 2.24) is 24.9 Å². The average molecular weight is 369 g/mol. The molecule has 2 aromatic heterocycles. The van der Waals surface area contributed by atoms with Gasteiger partial charge in [-0.25, -0.2) is 9.07 Å². The number of nitrogens with one attached hydrogen (secondary N) is 1. The van der Waals surface area contributed by atoms with Gasteiger partial charge in [0.1, 0.15) is 17.9 Å². The van der Waals surface area contributed by atoms with Crippen molar-refractivity contribution in [2.45, 2.75) is 38.3 Å². The van der Waals surface area contributed by atoms with Crippen molar-refractivity contribution < 1.29 is 9.18 Å². The van der Waals surface area contributed by atoms with Crippen LogP contribution in [0, 0.1) is 5.82 Å². The van der Waals surface area contributed by atoms with Crippen LogP contribution in [-0.2, 0) is 18.4 Å². The number of carbonyl (C=O) groups excluding carboxylic acids is 1. The van der Waals surface area contributed by atoms with Crippen molar-refractivity contribution in [3.63, 3.8) is 0 Å². The lowest BCUT2D eigenvalue weighted by Gasteiger charge is -2.14. The van der Waals surface area contributed by atoms with E-state index in [2.05, 4.69) is 15.5 Å². The van der Waals surface area contributed by atoms with E-state index in [0.29, 0.717) is 17.0 Å². The molecule has 1 saturated carbocycles. The first-order valence-corrected chi connectivity index (χ1v) is 8.91. The summed E-state index contributed by atoms with van der Waals surface area (Å²) in [5.41, 5.74) is 1.68. The Balaban J connectivity index is 1.54. The number of benzene rings is 1. The van der Waals surface area contributed by atoms with Gasteiger partial charge in [0.2, 0.25) is 5.91 Å². The van der Waals surface area contributed by atoms with Crippen LogP contribution in [0.15, 0.2) is 35.3 Å². The summed E-state index contributed by atoms with van der Waals surface area (Å²) < 4.78 is 16.0. The molecule has 1 aliphatic carbocycles. The zero-order valence-corrected chi connectivity index (χ0v) is 15.1. The molecule has 0 aliphatic heterocycles. The molecule has 140 valence electrons. The first-order chi connectivity index (χ1) is 12.9. The molecule has 1 atom stereocenters. The molecule has 1 aromatic carbocycles. The topological polar surface area (TPSA) is 81.8 Å². The van der Waals surface area contributed by atoms with E-state index in [4.69, 9.17) is 0 Å². The molecule has 8 heteroatoms. The second-order valence-electron chi connectivity index (χ2n) is 7.00. The maximum absolute atomic E-state index is 13.3. The smallest absolute Gasteiger partial charge is 0.293 e. The third-order valence-electron chi connectivity index (χ3n) is 4.86. The van der Waals surface area contributed by atoms with Gasteiger partial charge in [-0.3, -0.25) is 14.3 Å². The Hall–Kier alpha value is -3.03. The zero-order chi connectivity index (χ0) is 19.1. The van der Waals surface area contributed by atoms with Crippen LogP contribution in [0.1, 0.15) is 43.0 Å². The fourth-order valence-corrected chi connectivity index (χ4v) is 3.30. The Morgan fingerprint density at radius 3 is 2.89 bits per heavy atom. The molecule has 2 heterocycles. The number of fused-ring (bicyclic) bond motifs is 1. The van der Waals surface area contributed by atoms with Crippen LogP contribution in [0.5, 0.6) is 0 Å². The molecule has 3 aromatic rings. The van der Waals surface area contributed by atoms with E-state index in [-0.39, 0.29) is 29.9 Å². The van der Waals surface area contributed by atoms with E-state index in [1.807, 2.05) is 0 Å². The highest BCUT2D eigenvalue weighted by Crippen LogP contribution is 2.41. The van der Waals surface area contributed by atoms with Crippen LogP contribution in [0.4, 0.5) is 4.39 Å². The normalized spacial score (nSPS) is 15.1. The summed E-state index contributed by atoms with van der Waals surface area (Å²) in [6.07, 6.45) is 3.77. The number of aryl methyl sites for hydroxylation is 1. The van der Waals surface area contributed by atoms with Gasteiger partial charge in [0.25, 0.3) is 5.56 Å². The predicted molar refractivity (Wildman–Crippen MR) is 97.7 cm³/mol. The van der Waals surface area contributed by atoms with Crippen molar-refractivity contribution >= 4 is 16.8 Å². The van der Waals surface area contributed by atoms with Crippen molar-refractivity contribution in [1.29, 1.82) is 0 Å². The highest BCUT2D eigenvalue weighted by molar-refractivity contribution is 5.81. The number of carbonyl (C=O) groups is 1. The van der Waals surface area contributed by atoms with Gasteiger partial charge < -0.3 is 5.32 Å². The molecule has 1 amide bonds. The molecule has 0 bridgehead atoms. The number of hydrogen-bond donors (Lipinski definition) is 1. The molecule has 1 N–H and O–H groups in total. The lowest BCUT2D eigenvalue weighted by atomic mass is 10.1. The lowest BCUT2D eigenvalue weighted by Crippen LogP contribution is -2.35. The van der Waals surface area contributed by atoms with Gasteiger partial charge in [-0.2, -0.15) is 10.2 Å². The molecule has 0 saturated heterocycles. The van der Waals surface area contributed by atoms with Gasteiger partial charge in [-0.1, -0.05) is 12.1 Å². The summed E-state index contributed by atoms with van der Waals surface area (Å²) in [7, 11) is 1.73. The minimum absolute atomic E-state index is 0.210. The first kappa shape index (κ1) is 17.4. The monoisotopic (exact) mass is 369 g/mol. The second kappa shape index (κ2) is 6.61. The Morgan fingerprint density at radius 2 is 2.19 bits per heavy atom. The van der Waals surface area contributed by atoms with E-state index in [9.17, 15) is 14.0 Å². The predicted octanol–water partition coefficient (Wildman–Crippen LogP) is 2.02. The fourth-order valence-electron chi connectivity index (χ4n) is 3.30. The van der Waals surface area contributed by atoms with Gasteiger partial charge in [0.05, 0.1) is 17.9 Å². The van der Waals surface area contributed by atoms with Gasteiger partial charge in [-0.15, -0.1) is 0 Å². The molecular formula is C19H20FN5O2. The maximum Gasteiger partial charge on any atom is 0.293 e. The summed E-state index contributed by atoms with van der Waals surface area (Å²) in [5, 5.41) is 12.1. The van der Waals surface area contributed by atoms with Crippen LogP contribution in [0.2, 0.25) is 0 Å². The summed E-state index contributed by atoms with van der Waals surface area (Å²) >= 11 is 0. The first-order valence-electron chi connectivity index (χ1n) is 8.91. The summed E-state index contributed by atoms with van der Waals surface area (Å²) in [6, 6.07) is 5.66. The number of hydrogen-bond acceptors (Lipinski definition) is 4. The van der Waals surface area contributed by atoms with Crippen molar-refractivity contribution in [2.75, 3.05) is 0 Å². The van der Waals surface area contributed by atoms with Gasteiger partial charge in [0.15, 0.2) is 0 Å². The van der Waals surface area contributed by atoms with Crippen molar-refractivity contribution in [3.05, 3.63) is 57.9 Å². The highest BCUT2D eigenvalue weighted by atomic mass is 19.1. The van der Waals surface area contributed by atoms with E-state index in [0.717, 1.165) is 28.6 Å². The van der Waals surface area contributed by atoms with E-state index >= 15 is 0 Å². The number of aromatic nitrogens is 4. The maximum atomic E-state index is 13.3. The summed E-state index contributed by atoms with van der Waals surface area (Å²) in [5.74, 6) is -0.328. The molecule has 0 radical (unpaired) electrons. The fraction of sp³-hybridized carbons (Fsp3) is 0.368. The molecule has 0 spiro atoms. The van der Waals surface area contributed by atoms with Crippen molar-refractivity contribution in [2.24, 2.45) is 7.05 Å². The number of nitrogens with zero attached hydrogens (tertiary/aromatic N) is 4. The summed E-state index contributed by atoms with van der Waals surface area (Å²) in [4.78, 5) is 25.1. The Kier molecular flexibility index (Phi) is 4.25. The average Bonchev–Trinajstić information content (AvgIpc) is 3.41. The quantitative estimate of drug-likeness (QED) is 0.746. The van der Waals surface area contributed by atoms with Crippen LogP contribution in [0.3, 0.4) is 0 Å². The molecule has 27 heavy (non-hydrogen) atoms. The molecule has 0 unspecified atom stereocenters. The van der Waals surface area contributed by atoms with Crippen LogP contribution < -0.4 is 10.9 Å². The van der Waals surface area contributed by atoms with Gasteiger partial charge in [-0.05, 0) is 37.5 Å². The van der Waals surface area contributed by atoms with E-state index < -0.39 is 0 Å². The third kappa shape index (κ3) is 3.34. The van der Waals surface area contributed by atoms with Gasteiger partial charge in [0, 0.05) is 18.4 Å². The van der Waals surface area contributed by atoms with Crippen LogP contribution in [0.25, 0.3) is 10.9 Å². The third-order valence-corrected chi connectivity index (χ3v) is 4.86. The number of amides is 1. The minimum atomic E-state index is -0.384.